The lowest BCUT2D eigenvalue weighted by Crippen LogP contribution is -2.39. The summed E-state index contributed by atoms with van der Waals surface area (Å²) >= 11 is 0. The second kappa shape index (κ2) is 6.62. The molecule has 1 N–H and O–H groups in total. The van der Waals surface area contributed by atoms with Crippen LogP contribution in [-0.4, -0.2) is 49.1 Å². The molecular weight excluding hydrogens is 298 g/mol. The molecule has 0 unspecified atom stereocenters. The highest BCUT2D eigenvalue weighted by Crippen LogP contribution is 2.32. The predicted octanol–water partition coefficient (Wildman–Crippen LogP) is 0.914. The first-order valence-electron chi connectivity index (χ1n) is 7.67. The largest absolute Gasteiger partial charge is 0.381 e. The van der Waals surface area contributed by atoms with Crippen LogP contribution in [0.15, 0.2) is 12.1 Å². The highest BCUT2D eigenvalue weighted by atomic mass is 16.7. The molecular formula is C16H19N3O4. The number of hydrogen-bond donors (Lipinski definition) is 1. The third-order valence-electron chi connectivity index (χ3n) is 4.10. The molecule has 3 rings (SSSR count). The second-order valence-corrected chi connectivity index (χ2v) is 5.73. The van der Waals surface area contributed by atoms with Crippen molar-refractivity contribution in [1.82, 2.24) is 10.3 Å². The zero-order valence-electron chi connectivity index (χ0n) is 13.0. The summed E-state index contributed by atoms with van der Waals surface area (Å²) in [4.78, 5) is 16.3. The molecule has 1 amide bonds. The SMILES string of the molecule is Cc1nc(C(=O)NC[C@@H]2COC3(CCOCC3)O2)ccc1C#N. The lowest BCUT2D eigenvalue weighted by atomic mass is 10.1. The molecule has 0 radical (unpaired) electrons. The van der Waals surface area contributed by atoms with E-state index in [1.807, 2.05) is 6.07 Å². The van der Waals surface area contributed by atoms with E-state index < -0.39 is 5.79 Å². The van der Waals surface area contributed by atoms with E-state index in [-0.39, 0.29) is 12.0 Å². The van der Waals surface area contributed by atoms with Gasteiger partial charge in [0.2, 0.25) is 0 Å². The van der Waals surface area contributed by atoms with E-state index in [9.17, 15) is 4.79 Å². The lowest BCUT2D eigenvalue weighted by molar-refractivity contribution is -0.210. The smallest absolute Gasteiger partial charge is 0.269 e. The Morgan fingerprint density at radius 3 is 2.96 bits per heavy atom. The molecule has 2 fully saturated rings. The molecule has 23 heavy (non-hydrogen) atoms. The average molecular weight is 317 g/mol. The number of hydrogen-bond acceptors (Lipinski definition) is 6. The van der Waals surface area contributed by atoms with E-state index in [0.717, 1.165) is 0 Å². The first-order valence-corrected chi connectivity index (χ1v) is 7.67. The van der Waals surface area contributed by atoms with Crippen LogP contribution >= 0.6 is 0 Å². The molecule has 0 aromatic carbocycles. The Bertz CT molecular complexity index is 635. The van der Waals surface area contributed by atoms with Crippen molar-refractivity contribution in [1.29, 1.82) is 5.26 Å². The molecule has 3 heterocycles. The molecule has 7 heteroatoms. The van der Waals surface area contributed by atoms with Crippen molar-refractivity contribution in [2.45, 2.75) is 31.7 Å². The second-order valence-electron chi connectivity index (χ2n) is 5.73. The number of aromatic nitrogens is 1. The number of nitrogens with zero attached hydrogens (tertiary/aromatic N) is 2. The summed E-state index contributed by atoms with van der Waals surface area (Å²) in [5.74, 6) is -0.828. The highest BCUT2D eigenvalue weighted by molar-refractivity contribution is 5.92. The quantitative estimate of drug-likeness (QED) is 0.891. The fraction of sp³-hybridized carbons (Fsp3) is 0.562. The number of carbonyl (C=O) groups is 1. The van der Waals surface area contributed by atoms with Crippen molar-refractivity contribution >= 4 is 5.91 Å². The molecule has 0 aliphatic carbocycles. The van der Waals surface area contributed by atoms with E-state index in [0.29, 0.717) is 56.2 Å². The Morgan fingerprint density at radius 2 is 2.26 bits per heavy atom. The first-order chi connectivity index (χ1) is 11.1. The average Bonchev–Trinajstić information content (AvgIpc) is 2.95. The maximum absolute atomic E-state index is 12.1. The van der Waals surface area contributed by atoms with Crippen molar-refractivity contribution in [3.63, 3.8) is 0 Å². The van der Waals surface area contributed by atoms with Crippen LogP contribution in [0.1, 0.15) is 34.6 Å². The van der Waals surface area contributed by atoms with E-state index >= 15 is 0 Å². The number of ether oxygens (including phenoxy) is 3. The maximum Gasteiger partial charge on any atom is 0.269 e. The van der Waals surface area contributed by atoms with E-state index in [1.165, 1.54) is 0 Å². The summed E-state index contributed by atoms with van der Waals surface area (Å²) < 4.78 is 17.0. The summed E-state index contributed by atoms with van der Waals surface area (Å²) in [5.41, 5.74) is 1.30. The predicted molar refractivity (Wildman–Crippen MR) is 79.6 cm³/mol. The Labute approximate surface area is 134 Å². The minimum Gasteiger partial charge on any atom is -0.381 e. The Morgan fingerprint density at radius 1 is 1.48 bits per heavy atom. The molecule has 1 atom stereocenters. The van der Waals surface area contributed by atoms with Crippen molar-refractivity contribution in [3.05, 3.63) is 29.1 Å². The first kappa shape index (κ1) is 15.9. The zero-order chi connectivity index (χ0) is 16.3. The standard InChI is InChI=1S/C16H19N3O4/c1-11-12(8-17)2-3-14(19-11)15(20)18-9-13-10-22-16(23-13)4-6-21-7-5-16/h2-3,13H,4-7,9-10H2,1H3,(H,18,20)/t13-/m1/s1. The van der Waals surface area contributed by atoms with Gasteiger partial charge in [0, 0.05) is 19.4 Å². The number of amides is 1. The third kappa shape index (κ3) is 3.50. The molecule has 2 aliphatic heterocycles. The van der Waals surface area contributed by atoms with Crippen molar-refractivity contribution < 1.29 is 19.0 Å². The number of aryl methyl sites for hydroxylation is 1. The summed E-state index contributed by atoms with van der Waals surface area (Å²) in [6, 6.07) is 5.18. The summed E-state index contributed by atoms with van der Waals surface area (Å²) in [5, 5.41) is 11.7. The van der Waals surface area contributed by atoms with Crippen LogP contribution in [0.5, 0.6) is 0 Å². The van der Waals surface area contributed by atoms with E-state index in [4.69, 9.17) is 19.5 Å². The lowest BCUT2D eigenvalue weighted by Gasteiger charge is -2.31. The topological polar surface area (TPSA) is 93.5 Å². The van der Waals surface area contributed by atoms with Gasteiger partial charge < -0.3 is 19.5 Å². The Balaban J connectivity index is 1.53. The molecule has 2 aliphatic rings. The molecule has 0 bridgehead atoms. The summed E-state index contributed by atoms with van der Waals surface area (Å²) in [6.45, 7) is 3.79. The highest BCUT2D eigenvalue weighted by Gasteiger charge is 2.42. The van der Waals surface area contributed by atoms with Crippen LogP contribution < -0.4 is 5.32 Å². The Kier molecular flexibility index (Phi) is 4.57. The molecule has 7 nitrogen and oxygen atoms in total. The third-order valence-corrected chi connectivity index (χ3v) is 4.10. The van der Waals surface area contributed by atoms with Gasteiger partial charge in [0.15, 0.2) is 5.79 Å². The normalized spacial score (nSPS) is 22.7. The van der Waals surface area contributed by atoms with Crippen LogP contribution in [0.25, 0.3) is 0 Å². The molecule has 0 saturated carbocycles. The van der Waals surface area contributed by atoms with E-state index in [1.54, 1.807) is 19.1 Å². The fourth-order valence-corrected chi connectivity index (χ4v) is 2.76. The van der Waals surface area contributed by atoms with Gasteiger partial charge in [-0.25, -0.2) is 4.98 Å². The van der Waals surface area contributed by atoms with Gasteiger partial charge >= 0.3 is 0 Å². The number of nitriles is 1. The molecule has 1 aromatic heterocycles. The summed E-state index contributed by atoms with van der Waals surface area (Å²) in [6.07, 6.45) is 1.26. The van der Waals surface area contributed by atoms with Gasteiger partial charge in [-0.05, 0) is 19.1 Å². The van der Waals surface area contributed by atoms with Gasteiger partial charge in [-0.15, -0.1) is 0 Å². The number of rotatable bonds is 3. The fourth-order valence-electron chi connectivity index (χ4n) is 2.76. The van der Waals surface area contributed by atoms with Crippen molar-refractivity contribution in [3.8, 4) is 6.07 Å². The van der Waals surface area contributed by atoms with Gasteiger partial charge in [-0.3, -0.25) is 4.79 Å². The monoisotopic (exact) mass is 317 g/mol. The van der Waals surface area contributed by atoms with Gasteiger partial charge in [0.25, 0.3) is 5.91 Å². The van der Waals surface area contributed by atoms with Crippen LogP contribution in [0, 0.1) is 18.3 Å². The van der Waals surface area contributed by atoms with Gasteiger partial charge in [0.1, 0.15) is 17.9 Å². The van der Waals surface area contributed by atoms with Gasteiger partial charge in [0.05, 0.1) is 31.1 Å². The molecule has 1 aromatic rings. The number of nitrogens with one attached hydrogen (secondary N) is 1. The minimum atomic E-state index is -0.545. The minimum absolute atomic E-state index is 0.170. The maximum atomic E-state index is 12.1. The van der Waals surface area contributed by atoms with Crippen molar-refractivity contribution in [2.24, 2.45) is 0 Å². The molecule has 1 spiro atoms. The van der Waals surface area contributed by atoms with Crippen LogP contribution in [-0.2, 0) is 14.2 Å². The van der Waals surface area contributed by atoms with Crippen LogP contribution in [0.4, 0.5) is 0 Å². The van der Waals surface area contributed by atoms with Crippen LogP contribution in [0.2, 0.25) is 0 Å². The zero-order valence-corrected chi connectivity index (χ0v) is 13.0. The Hall–Kier alpha value is -2.01. The van der Waals surface area contributed by atoms with Crippen LogP contribution in [0.3, 0.4) is 0 Å². The number of carbonyl (C=O) groups excluding carboxylic acids is 1. The van der Waals surface area contributed by atoms with Crippen molar-refractivity contribution in [2.75, 3.05) is 26.4 Å². The summed E-state index contributed by atoms with van der Waals surface area (Å²) in [7, 11) is 0. The molecule has 2 saturated heterocycles. The van der Waals surface area contributed by atoms with E-state index in [2.05, 4.69) is 10.3 Å². The van der Waals surface area contributed by atoms with Gasteiger partial charge in [-0.2, -0.15) is 5.26 Å². The number of pyridine rings is 1. The van der Waals surface area contributed by atoms with Gasteiger partial charge in [-0.1, -0.05) is 0 Å². The molecule has 122 valence electrons.